The largest absolute Gasteiger partial charge is 0.371 e. The molecule has 2 atom stereocenters. The number of alkyl halides is 2. The molecule has 0 bridgehead atoms. The summed E-state index contributed by atoms with van der Waals surface area (Å²) in [6.45, 7) is 1.20. The maximum Gasteiger partial charge on any atom is 0.286 e. The van der Waals surface area contributed by atoms with Crippen LogP contribution in [0.25, 0.3) is 0 Å². The van der Waals surface area contributed by atoms with Gasteiger partial charge in [-0.2, -0.15) is 0 Å². The van der Waals surface area contributed by atoms with Gasteiger partial charge in [0, 0.05) is 38.9 Å². The van der Waals surface area contributed by atoms with Crippen LogP contribution in [0.1, 0.15) is 43.2 Å². The molecule has 1 spiro atoms. The summed E-state index contributed by atoms with van der Waals surface area (Å²) in [5.74, 6) is -5.30. The first-order chi connectivity index (χ1) is 15.6. The highest BCUT2D eigenvalue weighted by atomic mass is 19.3. The molecule has 5 nitrogen and oxygen atoms in total. The summed E-state index contributed by atoms with van der Waals surface area (Å²) in [4.78, 5) is 26.8. The van der Waals surface area contributed by atoms with Crippen molar-refractivity contribution in [3.63, 3.8) is 0 Å². The van der Waals surface area contributed by atoms with Gasteiger partial charge in [0.2, 0.25) is 11.5 Å². The summed E-state index contributed by atoms with van der Waals surface area (Å²) in [6.07, 6.45) is 1.06. The molecule has 2 saturated heterocycles. The molecular weight excluding hydrogens is 433 g/mol. The predicted molar refractivity (Wildman–Crippen MR) is 116 cm³/mol. The van der Waals surface area contributed by atoms with E-state index in [1.165, 1.54) is 41.3 Å². The molecule has 0 aliphatic carbocycles. The second-order valence-corrected chi connectivity index (χ2v) is 9.20. The Labute approximate surface area is 190 Å². The second kappa shape index (κ2) is 8.48. The summed E-state index contributed by atoms with van der Waals surface area (Å²) in [5, 5.41) is 13.9. The number of rotatable bonds is 4. The molecule has 2 heterocycles. The van der Waals surface area contributed by atoms with Crippen LogP contribution in [0.4, 0.5) is 13.2 Å². The van der Waals surface area contributed by atoms with Crippen molar-refractivity contribution < 1.29 is 27.9 Å². The van der Waals surface area contributed by atoms with E-state index in [1.807, 2.05) is 0 Å². The summed E-state index contributed by atoms with van der Waals surface area (Å²) in [7, 11) is 0. The van der Waals surface area contributed by atoms with Gasteiger partial charge in [-0.05, 0) is 41.5 Å². The molecule has 2 amide bonds. The minimum Gasteiger partial charge on any atom is -0.371 e. The van der Waals surface area contributed by atoms with E-state index in [2.05, 4.69) is 5.32 Å². The van der Waals surface area contributed by atoms with E-state index >= 15 is 0 Å². The number of piperidine rings is 2. The molecule has 0 aromatic heterocycles. The topological polar surface area (TPSA) is 69.6 Å². The molecule has 176 valence electrons. The van der Waals surface area contributed by atoms with Crippen molar-refractivity contribution >= 4 is 11.8 Å². The third-order valence-electron chi connectivity index (χ3n) is 7.21. The van der Waals surface area contributed by atoms with Crippen molar-refractivity contribution in [2.24, 2.45) is 5.41 Å². The number of likely N-dealkylation sites (tertiary alicyclic amines) is 1. The van der Waals surface area contributed by atoms with Gasteiger partial charge in [-0.3, -0.25) is 9.59 Å². The highest BCUT2D eigenvalue weighted by molar-refractivity contribution is 5.88. The van der Waals surface area contributed by atoms with Crippen LogP contribution in [0, 0.1) is 11.2 Å². The molecule has 1 unspecified atom stereocenters. The summed E-state index contributed by atoms with van der Waals surface area (Å²) in [6, 6.07) is 13.4. The number of hydrogen-bond donors (Lipinski definition) is 2. The van der Waals surface area contributed by atoms with Crippen LogP contribution in [0.15, 0.2) is 54.6 Å². The van der Waals surface area contributed by atoms with Gasteiger partial charge in [-0.15, -0.1) is 0 Å². The maximum absolute atomic E-state index is 14.6. The molecule has 33 heavy (non-hydrogen) atoms. The van der Waals surface area contributed by atoms with Crippen molar-refractivity contribution in [2.45, 2.75) is 43.6 Å². The van der Waals surface area contributed by atoms with Crippen LogP contribution >= 0.6 is 0 Å². The minimum atomic E-state index is -3.71. The van der Waals surface area contributed by atoms with Crippen LogP contribution in [0.5, 0.6) is 0 Å². The number of amides is 2. The Morgan fingerprint density at radius 3 is 2.27 bits per heavy atom. The van der Waals surface area contributed by atoms with Gasteiger partial charge in [-0.25, -0.2) is 13.2 Å². The van der Waals surface area contributed by atoms with Gasteiger partial charge in [0.05, 0.1) is 0 Å². The maximum atomic E-state index is 14.6. The Balaban J connectivity index is 1.59. The molecule has 2 aliphatic heterocycles. The normalized spacial score (nSPS) is 22.5. The number of carbonyl (C=O) groups excluding carboxylic acids is 2. The zero-order valence-electron chi connectivity index (χ0n) is 18.4. The van der Waals surface area contributed by atoms with Crippen LogP contribution in [-0.2, 0) is 15.2 Å². The third kappa shape index (κ3) is 4.12. The van der Waals surface area contributed by atoms with Crippen molar-refractivity contribution in [1.29, 1.82) is 0 Å². The lowest BCUT2D eigenvalue weighted by atomic mass is 9.62. The van der Waals surface area contributed by atoms with Crippen LogP contribution < -0.4 is 5.32 Å². The number of nitrogens with zero attached hydrogens (tertiary/aromatic N) is 1. The van der Waals surface area contributed by atoms with E-state index < -0.39 is 22.8 Å². The highest BCUT2D eigenvalue weighted by Crippen LogP contribution is 2.49. The van der Waals surface area contributed by atoms with E-state index in [0.717, 1.165) is 5.56 Å². The van der Waals surface area contributed by atoms with E-state index in [1.54, 1.807) is 18.2 Å². The van der Waals surface area contributed by atoms with Crippen molar-refractivity contribution in [2.75, 3.05) is 19.6 Å². The zero-order chi connectivity index (χ0) is 23.9. The Morgan fingerprint density at radius 1 is 1.09 bits per heavy atom. The first-order valence-electron chi connectivity index (χ1n) is 11.0. The van der Waals surface area contributed by atoms with Gasteiger partial charge in [-0.1, -0.05) is 42.5 Å². The van der Waals surface area contributed by atoms with E-state index in [-0.39, 0.29) is 42.7 Å². The molecular formula is C25H27F3N2O3. The van der Waals surface area contributed by atoms with Gasteiger partial charge in [0.1, 0.15) is 5.82 Å². The van der Waals surface area contributed by atoms with Crippen molar-refractivity contribution in [3.8, 4) is 0 Å². The average Bonchev–Trinajstić information content (AvgIpc) is 2.79. The third-order valence-corrected chi connectivity index (χ3v) is 7.21. The van der Waals surface area contributed by atoms with Gasteiger partial charge in [0.25, 0.3) is 11.8 Å². The zero-order valence-corrected chi connectivity index (χ0v) is 18.4. The fraction of sp³-hybridized carbons (Fsp3) is 0.440. The predicted octanol–water partition coefficient (Wildman–Crippen LogP) is 3.58. The Hall–Kier alpha value is -2.87. The summed E-state index contributed by atoms with van der Waals surface area (Å²) < 4.78 is 42.6. The van der Waals surface area contributed by atoms with Gasteiger partial charge < -0.3 is 15.3 Å². The molecule has 2 N–H and O–H groups in total. The monoisotopic (exact) mass is 460 g/mol. The number of benzene rings is 2. The molecule has 8 heteroatoms. The number of nitrogens with one attached hydrogen (secondary N) is 1. The second-order valence-electron chi connectivity index (χ2n) is 9.20. The van der Waals surface area contributed by atoms with Crippen LogP contribution in [0.2, 0.25) is 0 Å². The first kappa shape index (κ1) is 23.3. The molecule has 4 rings (SSSR count). The van der Waals surface area contributed by atoms with E-state index in [4.69, 9.17) is 0 Å². The smallest absolute Gasteiger partial charge is 0.286 e. The van der Waals surface area contributed by atoms with Crippen molar-refractivity contribution in [3.05, 3.63) is 71.5 Å². The highest BCUT2D eigenvalue weighted by Gasteiger charge is 2.58. The lowest BCUT2D eigenvalue weighted by Crippen LogP contribution is -2.59. The molecule has 2 aromatic carbocycles. The number of aliphatic hydroxyl groups is 1. The van der Waals surface area contributed by atoms with E-state index in [9.17, 15) is 27.9 Å². The number of hydrogen-bond acceptors (Lipinski definition) is 3. The Morgan fingerprint density at radius 2 is 1.70 bits per heavy atom. The SMILES string of the molecule is CC(F)(F)C(O)(C(=O)N1CCC2(CC1)CC(=O)NC[C@H]2c1ccc(F)cc1)c1ccccc1. The molecule has 2 aromatic rings. The first-order valence-corrected chi connectivity index (χ1v) is 11.0. The molecule has 0 radical (unpaired) electrons. The average molecular weight is 460 g/mol. The Kier molecular flexibility index (Phi) is 5.99. The summed E-state index contributed by atoms with van der Waals surface area (Å²) >= 11 is 0. The van der Waals surface area contributed by atoms with Crippen LogP contribution in [-0.4, -0.2) is 47.4 Å². The molecule has 0 saturated carbocycles. The number of carbonyl (C=O) groups is 2. The number of halogens is 3. The van der Waals surface area contributed by atoms with Gasteiger partial charge >= 0.3 is 0 Å². The van der Waals surface area contributed by atoms with Crippen molar-refractivity contribution in [1.82, 2.24) is 10.2 Å². The van der Waals surface area contributed by atoms with Crippen LogP contribution in [0.3, 0.4) is 0 Å². The molecule has 2 fully saturated rings. The standard InChI is InChI=1S/C25H27F3N2O3/c1-23(27,28)25(33,18-5-3-2-4-6-18)22(32)30-13-11-24(12-14-30)15-21(31)29-16-20(24)17-7-9-19(26)10-8-17/h2-10,20,33H,11-16H2,1H3,(H,29,31)/t20-,25?/m0/s1. The summed E-state index contributed by atoms with van der Waals surface area (Å²) in [5.41, 5.74) is -2.74. The van der Waals surface area contributed by atoms with E-state index in [0.29, 0.717) is 26.3 Å². The quantitative estimate of drug-likeness (QED) is 0.733. The fourth-order valence-electron chi connectivity index (χ4n) is 5.26. The molecule has 2 aliphatic rings. The minimum absolute atomic E-state index is 0.0892. The Bertz CT molecular complexity index is 1020. The van der Waals surface area contributed by atoms with Gasteiger partial charge in [0.15, 0.2) is 0 Å². The lowest BCUT2D eigenvalue weighted by molar-refractivity contribution is -0.200. The fourth-order valence-corrected chi connectivity index (χ4v) is 5.26. The lowest BCUT2D eigenvalue weighted by Gasteiger charge is -2.50.